The van der Waals surface area contributed by atoms with Gasteiger partial charge in [-0.3, -0.25) is 4.98 Å². The summed E-state index contributed by atoms with van der Waals surface area (Å²) >= 11 is 6.69. The highest BCUT2D eigenvalue weighted by Gasteiger charge is 2.02. The maximum atomic E-state index is 5.17. The molecule has 0 spiro atoms. The number of hydrogen-bond donors (Lipinski definition) is 1. The van der Waals surface area contributed by atoms with E-state index in [4.69, 9.17) is 12.2 Å². The third-order valence-corrected chi connectivity index (χ3v) is 2.78. The number of thiocarbonyl (C=S) groups is 1. The number of aromatic nitrogens is 2. The minimum atomic E-state index is 0.645. The van der Waals surface area contributed by atoms with Gasteiger partial charge in [0.2, 0.25) is 0 Å². The first-order valence-corrected chi connectivity index (χ1v) is 5.26. The summed E-state index contributed by atoms with van der Waals surface area (Å²) in [5, 5.41) is 5.81. The maximum absolute atomic E-state index is 5.17. The molecule has 0 unspecified atom stereocenters. The summed E-state index contributed by atoms with van der Waals surface area (Å²) in [7, 11) is 0. The second-order valence-electron chi connectivity index (χ2n) is 2.53. The third kappa shape index (κ3) is 2.12. The van der Waals surface area contributed by atoms with Crippen LogP contribution in [0.2, 0.25) is 0 Å². The van der Waals surface area contributed by atoms with Crippen LogP contribution in [-0.4, -0.2) is 15.0 Å². The molecule has 0 atom stereocenters. The normalized spacial score (nSPS) is 9.71. The molecule has 2 rings (SSSR count). The van der Waals surface area contributed by atoms with E-state index in [-0.39, 0.29) is 0 Å². The van der Waals surface area contributed by atoms with E-state index in [1.807, 2.05) is 17.5 Å². The Morgan fingerprint density at radius 1 is 1.29 bits per heavy atom. The first kappa shape index (κ1) is 9.23. The van der Waals surface area contributed by atoms with E-state index in [9.17, 15) is 0 Å². The fourth-order valence-corrected chi connectivity index (χ4v) is 1.80. The fourth-order valence-electron chi connectivity index (χ4n) is 0.955. The smallest absolute Gasteiger partial charge is 0.150 e. The molecular weight excluding hydrogens is 214 g/mol. The Bertz CT molecular complexity index is 411. The van der Waals surface area contributed by atoms with E-state index in [1.54, 1.807) is 18.6 Å². The number of nitrogens with zero attached hydrogens (tertiary/aromatic N) is 2. The third-order valence-electron chi connectivity index (χ3n) is 1.56. The van der Waals surface area contributed by atoms with Crippen LogP contribution >= 0.6 is 23.6 Å². The summed E-state index contributed by atoms with van der Waals surface area (Å²) < 4.78 is 0. The summed E-state index contributed by atoms with van der Waals surface area (Å²) in [5.41, 5.74) is 0.931. The van der Waals surface area contributed by atoms with E-state index >= 15 is 0 Å². The van der Waals surface area contributed by atoms with Crippen LogP contribution in [0.15, 0.2) is 36.1 Å². The van der Waals surface area contributed by atoms with Crippen LogP contribution in [-0.2, 0) is 0 Å². The van der Waals surface area contributed by atoms with Gasteiger partial charge in [0.15, 0.2) is 5.01 Å². The van der Waals surface area contributed by atoms with Crippen molar-refractivity contribution in [2.45, 2.75) is 0 Å². The molecule has 0 radical (unpaired) electrons. The molecule has 14 heavy (non-hydrogen) atoms. The van der Waals surface area contributed by atoms with Crippen molar-refractivity contribution >= 4 is 34.2 Å². The van der Waals surface area contributed by atoms with Gasteiger partial charge in [0.1, 0.15) is 4.99 Å². The van der Waals surface area contributed by atoms with Gasteiger partial charge in [-0.05, 0) is 12.1 Å². The summed E-state index contributed by atoms with van der Waals surface area (Å²) in [6.45, 7) is 0. The summed E-state index contributed by atoms with van der Waals surface area (Å²) in [6.07, 6.45) is 5.17. The lowest BCUT2D eigenvalue weighted by Gasteiger charge is -2.03. The van der Waals surface area contributed by atoms with Gasteiger partial charge < -0.3 is 5.32 Å². The van der Waals surface area contributed by atoms with Crippen molar-refractivity contribution in [2.24, 2.45) is 0 Å². The van der Waals surface area contributed by atoms with Gasteiger partial charge in [0, 0.05) is 29.7 Å². The molecule has 2 aromatic rings. The van der Waals surface area contributed by atoms with Crippen molar-refractivity contribution in [3.63, 3.8) is 0 Å². The summed E-state index contributed by atoms with van der Waals surface area (Å²) in [6, 6.07) is 3.72. The van der Waals surface area contributed by atoms with Crippen molar-refractivity contribution in [1.82, 2.24) is 9.97 Å². The zero-order valence-corrected chi connectivity index (χ0v) is 8.81. The van der Waals surface area contributed by atoms with Gasteiger partial charge in [-0.2, -0.15) is 0 Å². The highest BCUT2D eigenvalue weighted by Crippen LogP contribution is 2.10. The van der Waals surface area contributed by atoms with Gasteiger partial charge >= 0.3 is 0 Å². The largest absolute Gasteiger partial charge is 0.344 e. The van der Waals surface area contributed by atoms with E-state index in [2.05, 4.69) is 15.3 Å². The number of hydrogen-bond acceptors (Lipinski definition) is 4. The Kier molecular flexibility index (Phi) is 2.81. The highest BCUT2D eigenvalue weighted by atomic mass is 32.1. The van der Waals surface area contributed by atoms with Crippen molar-refractivity contribution in [2.75, 3.05) is 5.32 Å². The van der Waals surface area contributed by atoms with Crippen LogP contribution < -0.4 is 5.32 Å². The Morgan fingerprint density at radius 3 is 2.71 bits per heavy atom. The van der Waals surface area contributed by atoms with Gasteiger partial charge in [0.25, 0.3) is 0 Å². The second kappa shape index (κ2) is 4.26. The van der Waals surface area contributed by atoms with Crippen molar-refractivity contribution in [1.29, 1.82) is 0 Å². The van der Waals surface area contributed by atoms with Crippen LogP contribution in [0, 0.1) is 0 Å². The molecule has 0 aromatic carbocycles. The molecule has 0 aliphatic rings. The van der Waals surface area contributed by atoms with Crippen LogP contribution in [0.3, 0.4) is 0 Å². The molecule has 2 heterocycles. The molecule has 0 saturated carbocycles. The van der Waals surface area contributed by atoms with Gasteiger partial charge in [-0.15, -0.1) is 11.3 Å². The predicted octanol–water partition coefficient (Wildman–Crippen LogP) is 2.33. The molecule has 0 aliphatic heterocycles. The molecule has 2 aromatic heterocycles. The number of rotatable bonds is 2. The van der Waals surface area contributed by atoms with Crippen LogP contribution in [0.4, 0.5) is 5.69 Å². The molecule has 0 aliphatic carbocycles. The Morgan fingerprint density at radius 2 is 2.07 bits per heavy atom. The summed E-state index contributed by atoms with van der Waals surface area (Å²) in [5.74, 6) is 0. The Labute approximate surface area is 90.8 Å². The summed E-state index contributed by atoms with van der Waals surface area (Å²) in [4.78, 5) is 8.68. The molecular formula is C9H7N3S2. The number of thiazole rings is 1. The maximum Gasteiger partial charge on any atom is 0.150 e. The van der Waals surface area contributed by atoms with Crippen LogP contribution in [0.5, 0.6) is 0 Å². The Hall–Kier alpha value is -1.33. The lowest BCUT2D eigenvalue weighted by molar-refractivity contribution is 1.33. The molecule has 5 heteroatoms. The molecule has 0 bridgehead atoms. The van der Waals surface area contributed by atoms with Gasteiger partial charge in [-0.25, -0.2) is 4.98 Å². The SMILES string of the molecule is S=C(Nc1ccncc1)c1nccs1. The van der Waals surface area contributed by atoms with E-state index in [1.165, 1.54) is 11.3 Å². The molecule has 0 fully saturated rings. The molecule has 3 nitrogen and oxygen atoms in total. The van der Waals surface area contributed by atoms with Crippen LogP contribution in [0.1, 0.15) is 5.01 Å². The van der Waals surface area contributed by atoms with E-state index in [0.717, 1.165) is 10.7 Å². The Balaban J connectivity index is 2.10. The van der Waals surface area contributed by atoms with E-state index < -0.39 is 0 Å². The zero-order valence-electron chi connectivity index (χ0n) is 7.18. The first-order chi connectivity index (χ1) is 6.86. The fraction of sp³-hybridized carbons (Fsp3) is 0. The standard InChI is InChI=1S/C9H7N3S2/c13-8(9-11-5-6-14-9)12-7-1-3-10-4-2-7/h1-6H,(H,10,12,13). The zero-order chi connectivity index (χ0) is 9.80. The number of nitrogens with one attached hydrogen (secondary N) is 1. The minimum absolute atomic E-state index is 0.645. The van der Waals surface area contributed by atoms with Crippen molar-refractivity contribution in [3.05, 3.63) is 41.1 Å². The quantitative estimate of drug-likeness (QED) is 0.790. The van der Waals surface area contributed by atoms with Gasteiger partial charge in [-0.1, -0.05) is 12.2 Å². The first-order valence-electron chi connectivity index (χ1n) is 3.97. The average Bonchev–Trinajstić information content (AvgIpc) is 2.72. The second-order valence-corrected chi connectivity index (χ2v) is 3.83. The highest BCUT2D eigenvalue weighted by molar-refractivity contribution is 7.81. The lowest BCUT2D eigenvalue weighted by Crippen LogP contribution is -2.09. The predicted molar refractivity (Wildman–Crippen MR) is 61.7 cm³/mol. The number of pyridine rings is 1. The average molecular weight is 221 g/mol. The lowest BCUT2D eigenvalue weighted by atomic mass is 10.4. The molecule has 1 N–H and O–H groups in total. The minimum Gasteiger partial charge on any atom is -0.344 e. The molecule has 0 amide bonds. The molecule has 70 valence electrons. The monoisotopic (exact) mass is 221 g/mol. The van der Waals surface area contributed by atoms with Gasteiger partial charge in [0.05, 0.1) is 0 Å². The van der Waals surface area contributed by atoms with Crippen molar-refractivity contribution < 1.29 is 0 Å². The number of anilines is 1. The van der Waals surface area contributed by atoms with Crippen molar-refractivity contribution in [3.8, 4) is 0 Å². The molecule has 0 saturated heterocycles. The topological polar surface area (TPSA) is 37.8 Å². The van der Waals surface area contributed by atoms with E-state index in [0.29, 0.717) is 4.99 Å². The van der Waals surface area contributed by atoms with Crippen LogP contribution in [0.25, 0.3) is 0 Å².